The van der Waals surface area contributed by atoms with E-state index in [9.17, 15) is 14.4 Å². The fourth-order valence-corrected chi connectivity index (χ4v) is 2.42. The fourth-order valence-electron chi connectivity index (χ4n) is 2.42. The van der Waals surface area contributed by atoms with Crippen LogP contribution >= 0.6 is 0 Å². The number of rotatable bonds is 7. The first-order chi connectivity index (χ1) is 13.4. The molecular formula is C20H23N3O5. The van der Waals surface area contributed by atoms with Gasteiger partial charge in [0.05, 0.1) is 20.1 Å². The molecule has 0 saturated carbocycles. The van der Waals surface area contributed by atoms with E-state index in [4.69, 9.17) is 9.47 Å². The van der Waals surface area contributed by atoms with Gasteiger partial charge in [-0.3, -0.25) is 25.2 Å². The first kappa shape index (κ1) is 20.8. The monoisotopic (exact) mass is 385 g/mol. The van der Waals surface area contributed by atoms with Crippen molar-refractivity contribution in [2.75, 3.05) is 19.0 Å². The molecular weight excluding hydrogens is 362 g/mol. The van der Waals surface area contributed by atoms with Crippen LogP contribution in [-0.4, -0.2) is 31.4 Å². The minimum Gasteiger partial charge on any atom is -0.493 e. The van der Waals surface area contributed by atoms with Gasteiger partial charge in [-0.1, -0.05) is 12.1 Å². The van der Waals surface area contributed by atoms with E-state index in [0.29, 0.717) is 29.4 Å². The van der Waals surface area contributed by atoms with Gasteiger partial charge >= 0.3 is 0 Å². The van der Waals surface area contributed by atoms with Crippen molar-refractivity contribution in [3.8, 4) is 11.5 Å². The smallest absolute Gasteiger partial charge is 0.269 e. The second-order valence-corrected chi connectivity index (χ2v) is 5.86. The topological polar surface area (TPSA) is 106 Å². The van der Waals surface area contributed by atoms with Gasteiger partial charge in [0, 0.05) is 18.2 Å². The number of ether oxygens (including phenoxy) is 2. The van der Waals surface area contributed by atoms with E-state index in [-0.39, 0.29) is 18.2 Å². The van der Waals surface area contributed by atoms with Gasteiger partial charge in [-0.2, -0.15) is 0 Å². The third-order valence-electron chi connectivity index (χ3n) is 3.68. The van der Waals surface area contributed by atoms with E-state index in [1.165, 1.54) is 20.1 Å². The van der Waals surface area contributed by atoms with Crippen molar-refractivity contribution >= 4 is 23.4 Å². The summed E-state index contributed by atoms with van der Waals surface area (Å²) < 4.78 is 10.6. The van der Waals surface area contributed by atoms with Crippen LogP contribution in [0.5, 0.6) is 11.5 Å². The molecule has 0 aromatic heterocycles. The van der Waals surface area contributed by atoms with Crippen LogP contribution in [0.3, 0.4) is 0 Å². The Morgan fingerprint density at radius 3 is 2.29 bits per heavy atom. The molecule has 0 aliphatic heterocycles. The summed E-state index contributed by atoms with van der Waals surface area (Å²) in [5, 5.41) is 2.65. The second kappa shape index (κ2) is 9.96. The van der Waals surface area contributed by atoms with Crippen LogP contribution in [0.15, 0.2) is 42.5 Å². The molecule has 8 nitrogen and oxygen atoms in total. The molecule has 0 unspecified atom stereocenters. The van der Waals surface area contributed by atoms with Crippen LogP contribution in [0, 0.1) is 0 Å². The number of benzene rings is 2. The van der Waals surface area contributed by atoms with Crippen molar-refractivity contribution in [2.24, 2.45) is 0 Å². The average molecular weight is 385 g/mol. The van der Waals surface area contributed by atoms with Crippen molar-refractivity contribution in [1.82, 2.24) is 10.9 Å². The van der Waals surface area contributed by atoms with E-state index in [1.807, 2.05) is 6.92 Å². The Labute approximate surface area is 163 Å². The Morgan fingerprint density at radius 2 is 1.68 bits per heavy atom. The number of hydrazine groups is 1. The van der Waals surface area contributed by atoms with Gasteiger partial charge in [-0.05, 0) is 42.8 Å². The molecule has 2 rings (SSSR count). The standard InChI is InChI=1S/C20H23N3O5/c1-4-28-17-10-7-15(12-18(17)27-3)20(26)23-22-19(25)11-14-5-8-16(9-6-14)21-13(2)24/h5-10,12H,4,11H2,1-3H3,(H,21,24)(H,22,25)(H,23,26). The predicted octanol–water partition coefficient (Wildman–Crippen LogP) is 2.06. The number of carbonyl (C=O) groups excluding carboxylic acids is 3. The molecule has 0 aliphatic carbocycles. The molecule has 0 atom stereocenters. The van der Waals surface area contributed by atoms with E-state index in [2.05, 4.69) is 16.2 Å². The van der Waals surface area contributed by atoms with Gasteiger partial charge in [0.1, 0.15) is 0 Å². The summed E-state index contributed by atoms with van der Waals surface area (Å²) in [5.74, 6) is -0.0539. The minimum absolute atomic E-state index is 0.0766. The van der Waals surface area contributed by atoms with Crippen LogP contribution in [0.4, 0.5) is 5.69 Å². The zero-order valence-electron chi connectivity index (χ0n) is 16.0. The molecule has 0 spiro atoms. The van der Waals surface area contributed by atoms with Crippen LogP contribution in [0.1, 0.15) is 29.8 Å². The highest BCUT2D eigenvalue weighted by molar-refractivity contribution is 5.96. The Bertz CT molecular complexity index is 849. The quantitative estimate of drug-likeness (QED) is 0.633. The highest BCUT2D eigenvalue weighted by Gasteiger charge is 2.12. The molecule has 3 amide bonds. The summed E-state index contributed by atoms with van der Waals surface area (Å²) in [6.45, 7) is 3.75. The first-order valence-corrected chi connectivity index (χ1v) is 8.69. The number of amides is 3. The van der Waals surface area contributed by atoms with Crippen molar-refractivity contribution in [3.05, 3.63) is 53.6 Å². The molecule has 2 aromatic carbocycles. The van der Waals surface area contributed by atoms with Crippen LogP contribution in [-0.2, 0) is 16.0 Å². The third-order valence-corrected chi connectivity index (χ3v) is 3.68. The Kier molecular flexibility index (Phi) is 7.38. The van der Waals surface area contributed by atoms with Crippen molar-refractivity contribution in [3.63, 3.8) is 0 Å². The summed E-state index contributed by atoms with van der Waals surface area (Å²) in [5.41, 5.74) is 6.45. The molecule has 0 radical (unpaired) electrons. The molecule has 0 bridgehead atoms. The third kappa shape index (κ3) is 6.01. The number of hydrogen-bond donors (Lipinski definition) is 3. The number of carbonyl (C=O) groups is 3. The average Bonchev–Trinajstić information content (AvgIpc) is 2.67. The molecule has 0 fully saturated rings. The van der Waals surface area contributed by atoms with E-state index < -0.39 is 5.91 Å². The SMILES string of the molecule is CCOc1ccc(C(=O)NNC(=O)Cc2ccc(NC(C)=O)cc2)cc1OC. The van der Waals surface area contributed by atoms with E-state index in [0.717, 1.165) is 5.56 Å². The lowest BCUT2D eigenvalue weighted by atomic mass is 10.1. The Balaban J connectivity index is 1.90. The number of anilines is 1. The largest absolute Gasteiger partial charge is 0.493 e. The maximum Gasteiger partial charge on any atom is 0.269 e. The summed E-state index contributed by atoms with van der Waals surface area (Å²) in [6.07, 6.45) is 0.0766. The Hall–Kier alpha value is -3.55. The lowest BCUT2D eigenvalue weighted by Gasteiger charge is -2.12. The van der Waals surface area contributed by atoms with Crippen LogP contribution in [0.25, 0.3) is 0 Å². The molecule has 8 heteroatoms. The van der Waals surface area contributed by atoms with Crippen LogP contribution in [0.2, 0.25) is 0 Å². The lowest BCUT2D eigenvalue weighted by molar-refractivity contribution is -0.121. The number of hydrogen-bond acceptors (Lipinski definition) is 5. The summed E-state index contributed by atoms with van der Waals surface area (Å²) in [7, 11) is 1.48. The second-order valence-electron chi connectivity index (χ2n) is 5.86. The number of methoxy groups -OCH3 is 1. The maximum atomic E-state index is 12.2. The molecule has 28 heavy (non-hydrogen) atoms. The summed E-state index contributed by atoms with van der Waals surface area (Å²) in [4.78, 5) is 35.3. The minimum atomic E-state index is -0.476. The van der Waals surface area contributed by atoms with E-state index >= 15 is 0 Å². The van der Waals surface area contributed by atoms with Gasteiger partial charge in [0.2, 0.25) is 11.8 Å². The molecule has 3 N–H and O–H groups in total. The highest BCUT2D eigenvalue weighted by Crippen LogP contribution is 2.27. The van der Waals surface area contributed by atoms with Crippen LogP contribution < -0.4 is 25.6 Å². The van der Waals surface area contributed by atoms with Gasteiger partial charge < -0.3 is 14.8 Å². The van der Waals surface area contributed by atoms with Gasteiger partial charge in [0.25, 0.3) is 5.91 Å². The Morgan fingerprint density at radius 1 is 0.964 bits per heavy atom. The maximum absolute atomic E-state index is 12.2. The van der Waals surface area contributed by atoms with Gasteiger partial charge in [-0.15, -0.1) is 0 Å². The zero-order chi connectivity index (χ0) is 20.5. The fraction of sp³-hybridized carbons (Fsp3) is 0.250. The molecule has 148 valence electrons. The molecule has 0 aliphatic rings. The molecule has 2 aromatic rings. The van der Waals surface area contributed by atoms with Crippen molar-refractivity contribution in [2.45, 2.75) is 20.3 Å². The molecule has 0 heterocycles. The van der Waals surface area contributed by atoms with Gasteiger partial charge in [-0.25, -0.2) is 0 Å². The predicted molar refractivity (Wildman–Crippen MR) is 104 cm³/mol. The zero-order valence-corrected chi connectivity index (χ0v) is 16.0. The van der Waals surface area contributed by atoms with Crippen molar-refractivity contribution < 1.29 is 23.9 Å². The summed E-state index contributed by atoms with van der Waals surface area (Å²) >= 11 is 0. The first-order valence-electron chi connectivity index (χ1n) is 8.69. The van der Waals surface area contributed by atoms with E-state index in [1.54, 1.807) is 36.4 Å². The lowest BCUT2D eigenvalue weighted by Crippen LogP contribution is -2.42. The van der Waals surface area contributed by atoms with Crippen molar-refractivity contribution in [1.29, 1.82) is 0 Å². The summed E-state index contributed by atoms with van der Waals surface area (Å²) in [6, 6.07) is 11.6. The normalized spacial score (nSPS) is 9.96. The number of nitrogens with one attached hydrogen (secondary N) is 3. The highest BCUT2D eigenvalue weighted by atomic mass is 16.5. The van der Waals surface area contributed by atoms with Gasteiger partial charge in [0.15, 0.2) is 11.5 Å². The molecule has 0 saturated heterocycles.